The van der Waals surface area contributed by atoms with Crippen molar-refractivity contribution in [1.82, 2.24) is 4.90 Å². The van der Waals surface area contributed by atoms with Gasteiger partial charge in [-0.2, -0.15) is 0 Å². The molecule has 11 heteroatoms. The van der Waals surface area contributed by atoms with Gasteiger partial charge in [0.25, 0.3) is 5.91 Å². The molecule has 1 amide bonds. The Hall–Kier alpha value is -1.03. The molecule has 2 unspecified atom stereocenters. The van der Waals surface area contributed by atoms with E-state index in [1.54, 1.807) is 0 Å². The molecule has 0 radical (unpaired) electrons. The molecule has 0 aromatic heterocycles. The van der Waals surface area contributed by atoms with Crippen LogP contribution in [0.1, 0.15) is 24.2 Å². The highest BCUT2D eigenvalue weighted by atomic mass is 35.5. The first kappa shape index (κ1) is 23.0. The molecule has 2 atom stereocenters. The van der Waals surface area contributed by atoms with Gasteiger partial charge in [-0.25, -0.2) is 16.8 Å². The molecule has 0 aliphatic carbocycles. The SMILES string of the molecule is CC(Cl)S(=O)(=O)CCN(CCS(=O)(=O)C(C)Cl)C(=O)c1ccc(N)cc1. The molecule has 1 aromatic carbocycles. The van der Waals surface area contributed by atoms with Crippen molar-refractivity contribution in [3.05, 3.63) is 29.8 Å². The second-order valence-corrected chi connectivity index (χ2v) is 12.4. The molecule has 0 fully saturated rings. The van der Waals surface area contributed by atoms with Crippen molar-refractivity contribution in [1.29, 1.82) is 0 Å². The summed E-state index contributed by atoms with van der Waals surface area (Å²) in [4.78, 5) is 13.8. The minimum Gasteiger partial charge on any atom is -0.399 e. The van der Waals surface area contributed by atoms with Gasteiger partial charge in [0, 0.05) is 24.3 Å². The van der Waals surface area contributed by atoms with Crippen LogP contribution in [0.3, 0.4) is 0 Å². The molecular formula is C15H22Cl2N2O5S2. The molecule has 148 valence electrons. The second kappa shape index (κ2) is 9.25. The lowest BCUT2D eigenvalue weighted by molar-refractivity contribution is 0.0775. The molecule has 2 N–H and O–H groups in total. The van der Waals surface area contributed by atoms with Crippen LogP contribution in [0.4, 0.5) is 5.69 Å². The van der Waals surface area contributed by atoms with E-state index >= 15 is 0 Å². The van der Waals surface area contributed by atoms with Crippen LogP contribution in [0.25, 0.3) is 0 Å². The highest BCUT2D eigenvalue weighted by Gasteiger charge is 2.25. The van der Waals surface area contributed by atoms with E-state index in [9.17, 15) is 21.6 Å². The van der Waals surface area contributed by atoms with Crippen LogP contribution in [0.2, 0.25) is 0 Å². The van der Waals surface area contributed by atoms with E-state index in [4.69, 9.17) is 28.9 Å². The number of nitrogens with two attached hydrogens (primary N) is 1. The third-order valence-corrected chi connectivity index (χ3v) is 8.84. The molecule has 0 spiro atoms. The van der Waals surface area contributed by atoms with Crippen molar-refractivity contribution >= 4 is 54.5 Å². The van der Waals surface area contributed by atoms with Gasteiger partial charge < -0.3 is 10.6 Å². The maximum Gasteiger partial charge on any atom is 0.253 e. The number of benzene rings is 1. The third-order valence-electron chi connectivity index (χ3n) is 3.73. The van der Waals surface area contributed by atoms with Gasteiger partial charge in [-0.1, -0.05) is 0 Å². The standard InChI is InChI=1S/C15H22Cl2N2O5S2/c1-11(16)25(21,22)9-7-19(8-10-26(23,24)12(2)17)15(20)13-3-5-14(18)6-4-13/h3-6,11-12H,7-10,18H2,1-2H3. The lowest BCUT2D eigenvalue weighted by Gasteiger charge is -2.23. The highest BCUT2D eigenvalue weighted by molar-refractivity contribution is 7.93. The minimum absolute atomic E-state index is 0.186. The van der Waals surface area contributed by atoms with Crippen LogP contribution in [-0.2, 0) is 19.7 Å². The zero-order valence-electron chi connectivity index (χ0n) is 14.4. The van der Waals surface area contributed by atoms with Gasteiger partial charge in [-0.05, 0) is 38.1 Å². The molecule has 0 heterocycles. The topological polar surface area (TPSA) is 115 Å². The number of nitrogens with zero attached hydrogens (tertiary/aromatic N) is 1. The first-order valence-electron chi connectivity index (χ1n) is 7.73. The maximum atomic E-state index is 12.7. The van der Waals surface area contributed by atoms with Crippen LogP contribution in [-0.4, -0.2) is 61.7 Å². The summed E-state index contributed by atoms with van der Waals surface area (Å²) in [5.41, 5.74) is 6.32. The Morgan fingerprint density at radius 3 is 1.69 bits per heavy atom. The van der Waals surface area contributed by atoms with Crippen LogP contribution in [0.5, 0.6) is 0 Å². The Balaban J connectivity index is 3.00. The lowest BCUT2D eigenvalue weighted by atomic mass is 10.2. The lowest BCUT2D eigenvalue weighted by Crippen LogP contribution is -2.39. The smallest absolute Gasteiger partial charge is 0.253 e. The quantitative estimate of drug-likeness (QED) is 0.457. The van der Waals surface area contributed by atoms with E-state index in [-0.39, 0.29) is 30.2 Å². The first-order valence-corrected chi connectivity index (χ1v) is 12.0. The van der Waals surface area contributed by atoms with Crippen LogP contribution < -0.4 is 5.73 Å². The van der Waals surface area contributed by atoms with E-state index in [1.165, 1.54) is 43.0 Å². The maximum absolute atomic E-state index is 12.7. The predicted octanol–water partition coefficient (Wildman–Crippen LogP) is 1.71. The molecule has 0 saturated heterocycles. The summed E-state index contributed by atoms with van der Waals surface area (Å²) in [5, 5.41) is 0. The average Bonchev–Trinajstić information content (AvgIpc) is 2.54. The van der Waals surface area contributed by atoms with Crippen molar-refractivity contribution in [3.63, 3.8) is 0 Å². The molecule has 1 rings (SSSR count). The predicted molar refractivity (Wildman–Crippen MR) is 105 cm³/mol. The number of anilines is 1. The largest absolute Gasteiger partial charge is 0.399 e. The zero-order valence-corrected chi connectivity index (χ0v) is 17.6. The van der Waals surface area contributed by atoms with Crippen molar-refractivity contribution in [2.45, 2.75) is 23.3 Å². The van der Waals surface area contributed by atoms with Crippen LogP contribution in [0.15, 0.2) is 24.3 Å². The van der Waals surface area contributed by atoms with E-state index in [0.717, 1.165) is 0 Å². The number of nitrogen functional groups attached to an aromatic ring is 1. The molecule has 1 aromatic rings. The first-order chi connectivity index (χ1) is 11.9. The van der Waals surface area contributed by atoms with Crippen molar-refractivity contribution in [2.24, 2.45) is 0 Å². The van der Waals surface area contributed by atoms with E-state index in [2.05, 4.69) is 0 Å². The molecule has 0 saturated carbocycles. The van der Waals surface area contributed by atoms with Crippen molar-refractivity contribution in [3.8, 4) is 0 Å². The molecule has 7 nitrogen and oxygen atoms in total. The van der Waals surface area contributed by atoms with Gasteiger partial charge in [0.2, 0.25) is 0 Å². The molecule has 0 bridgehead atoms. The normalized spacial score (nSPS) is 14.6. The van der Waals surface area contributed by atoms with Crippen molar-refractivity contribution < 1.29 is 21.6 Å². The van der Waals surface area contributed by atoms with E-state index in [0.29, 0.717) is 5.69 Å². The summed E-state index contributed by atoms with van der Waals surface area (Å²) >= 11 is 11.3. The Morgan fingerprint density at radius 2 is 1.35 bits per heavy atom. The van der Waals surface area contributed by atoms with Gasteiger partial charge in [-0.3, -0.25) is 4.79 Å². The number of halogens is 2. The van der Waals surface area contributed by atoms with Crippen LogP contribution >= 0.6 is 23.2 Å². The average molecular weight is 445 g/mol. The Kier molecular flexibility index (Phi) is 8.19. The van der Waals surface area contributed by atoms with Gasteiger partial charge >= 0.3 is 0 Å². The zero-order chi connectivity index (χ0) is 20.1. The van der Waals surface area contributed by atoms with Gasteiger partial charge in [0.1, 0.15) is 9.42 Å². The number of carbonyl (C=O) groups is 1. The highest BCUT2D eigenvalue weighted by Crippen LogP contribution is 2.13. The number of sulfone groups is 2. The summed E-state index contributed by atoms with van der Waals surface area (Å²) in [6.45, 7) is 2.27. The second-order valence-electron chi connectivity index (χ2n) is 5.73. The van der Waals surface area contributed by atoms with Gasteiger partial charge in [-0.15, -0.1) is 23.2 Å². The number of amides is 1. The minimum atomic E-state index is -3.61. The fourth-order valence-electron chi connectivity index (χ4n) is 1.92. The monoisotopic (exact) mass is 444 g/mol. The van der Waals surface area contributed by atoms with E-state index in [1.807, 2.05) is 0 Å². The molecule has 26 heavy (non-hydrogen) atoms. The molecule has 0 aliphatic heterocycles. The van der Waals surface area contributed by atoms with E-state index < -0.39 is 35.0 Å². The number of hydrogen-bond acceptors (Lipinski definition) is 6. The van der Waals surface area contributed by atoms with Gasteiger partial charge in [0.05, 0.1) is 11.5 Å². The summed E-state index contributed by atoms with van der Waals surface area (Å²) in [5.74, 6) is -1.26. The Bertz CT molecular complexity index is 780. The fourth-order valence-corrected chi connectivity index (χ4v) is 4.06. The Labute approximate surface area is 164 Å². The summed E-state index contributed by atoms with van der Waals surface area (Å²) in [7, 11) is -7.22. The number of hydrogen-bond donors (Lipinski definition) is 1. The summed E-state index contributed by atoms with van der Waals surface area (Å²) in [6, 6.07) is 6.03. The van der Waals surface area contributed by atoms with Gasteiger partial charge in [0.15, 0.2) is 19.7 Å². The Morgan fingerprint density at radius 1 is 0.962 bits per heavy atom. The fraction of sp³-hybridized carbons (Fsp3) is 0.533. The van der Waals surface area contributed by atoms with Crippen LogP contribution in [0, 0.1) is 0 Å². The third kappa shape index (κ3) is 6.61. The number of carbonyl (C=O) groups excluding carboxylic acids is 1. The summed E-state index contributed by atoms with van der Waals surface area (Å²) < 4.78 is 45.5. The molecule has 0 aliphatic rings. The molecular weight excluding hydrogens is 423 g/mol. The summed E-state index contributed by atoms with van der Waals surface area (Å²) in [6.07, 6.45) is 0. The number of alkyl halides is 2. The van der Waals surface area contributed by atoms with Crippen molar-refractivity contribution in [2.75, 3.05) is 30.3 Å². The number of rotatable bonds is 9.